The van der Waals surface area contributed by atoms with Crippen LogP contribution in [0.5, 0.6) is 0 Å². The Labute approximate surface area is 166 Å². The summed E-state index contributed by atoms with van der Waals surface area (Å²) in [5.74, 6) is -0.107. The number of azo groups is 1. The number of nitrogens with zero attached hydrogens (tertiary/aromatic N) is 2. The fraction of sp³-hybridized carbons (Fsp3) is 0.364. The number of carbonyl (C=O) groups is 2. The van der Waals surface area contributed by atoms with Crippen molar-refractivity contribution in [2.24, 2.45) is 10.2 Å². The molecule has 6 heteroatoms. The number of anilines is 2. The van der Waals surface area contributed by atoms with Crippen LogP contribution in [0.1, 0.15) is 52.4 Å². The largest absolute Gasteiger partial charge is 0.326 e. The van der Waals surface area contributed by atoms with Crippen LogP contribution in [0.15, 0.2) is 58.8 Å². The Kier molecular flexibility index (Phi) is 8.85. The van der Waals surface area contributed by atoms with Gasteiger partial charge in [0.15, 0.2) is 0 Å². The van der Waals surface area contributed by atoms with Gasteiger partial charge in [-0.2, -0.15) is 10.2 Å². The molecule has 6 nitrogen and oxygen atoms in total. The van der Waals surface area contributed by atoms with Crippen LogP contribution >= 0.6 is 0 Å². The highest BCUT2D eigenvalue weighted by molar-refractivity contribution is 5.95. The first-order valence-electron chi connectivity index (χ1n) is 9.82. The maximum absolute atomic E-state index is 12.1. The lowest BCUT2D eigenvalue weighted by molar-refractivity contribution is -0.117. The zero-order valence-corrected chi connectivity index (χ0v) is 16.6. The van der Waals surface area contributed by atoms with E-state index in [1.165, 1.54) is 0 Å². The number of nitrogens with one attached hydrogen (secondary N) is 2. The summed E-state index contributed by atoms with van der Waals surface area (Å²) in [4.78, 5) is 24.2. The van der Waals surface area contributed by atoms with Crippen molar-refractivity contribution in [1.29, 1.82) is 0 Å². The first-order chi connectivity index (χ1) is 13.6. The van der Waals surface area contributed by atoms with E-state index in [-0.39, 0.29) is 11.8 Å². The molecule has 0 bridgehead atoms. The highest BCUT2D eigenvalue weighted by Crippen LogP contribution is 2.27. The Morgan fingerprint density at radius 1 is 0.750 bits per heavy atom. The van der Waals surface area contributed by atoms with Crippen molar-refractivity contribution in [2.75, 3.05) is 10.6 Å². The lowest BCUT2D eigenvalue weighted by Crippen LogP contribution is -2.13. The first kappa shape index (κ1) is 21.3. The van der Waals surface area contributed by atoms with Crippen LogP contribution in [0.3, 0.4) is 0 Å². The minimum absolute atomic E-state index is 0.0535. The van der Waals surface area contributed by atoms with Gasteiger partial charge >= 0.3 is 0 Å². The average Bonchev–Trinajstić information content (AvgIpc) is 2.70. The van der Waals surface area contributed by atoms with Crippen molar-refractivity contribution in [1.82, 2.24) is 0 Å². The van der Waals surface area contributed by atoms with Crippen LogP contribution in [-0.2, 0) is 9.59 Å². The Hall–Kier alpha value is -3.02. The van der Waals surface area contributed by atoms with Crippen molar-refractivity contribution in [2.45, 2.75) is 52.4 Å². The van der Waals surface area contributed by atoms with Gasteiger partial charge in [-0.15, -0.1) is 0 Å². The minimum atomic E-state index is -0.0535. The van der Waals surface area contributed by atoms with E-state index in [9.17, 15) is 9.59 Å². The number of amides is 2. The molecule has 0 atom stereocenters. The summed E-state index contributed by atoms with van der Waals surface area (Å²) < 4.78 is 0. The van der Waals surface area contributed by atoms with E-state index in [1.807, 2.05) is 44.2 Å². The third kappa shape index (κ3) is 7.70. The van der Waals surface area contributed by atoms with Crippen molar-refractivity contribution in [3.05, 3.63) is 48.5 Å². The second-order valence-corrected chi connectivity index (χ2v) is 6.61. The van der Waals surface area contributed by atoms with E-state index in [0.29, 0.717) is 29.9 Å². The van der Waals surface area contributed by atoms with Crippen molar-refractivity contribution in [3.8, 4) is 0 Å². The zero-order chi connectivity index (χ0) is 20.2. The smallest absolute Gasteiger partial charge is 0.224 e. The molecule has 0 heterocycles. The minimum Gasteiger partial charge on any atom is -0.326 e. The van der Waals surface area contributed by atoms with E-state index < -0.39 is 0 Å². The van der Waals surface area contributed by atoms with E-state index in [2.05, 4.69) is 20.9 Å². The van der Waals surface area contributed by atoms with E-state index >= 15 is 0 Å². The van der Waals surface area contributed by atoms with Crippen molar-refractivity contribution in [3.63, 3.8) is 0 Å². The van der Waals surface area contributed by atoms with Gasteiger partial charge < -0.3 is 10.6 Å². The summed E-state index contributed by atoms with van der Waals surface area (Å²) in [5.41, 5.74) is 2.48. The van der Waals surface area contributed by atoms with Crippen molar-refractivity contribution >= 4 is 34.6 Å². The Morgan fingerprint density at radius 3 is 1.75 bits per heavy atom. The first-order valence-corrected chi connectivity index (χ1v) is 9.82. The topological polar surface area (TPSA) is 82.9 Å². The molecule has 148 valence electrons. The number of hydrogen-bond acceptors (Lipinski definition) is 4. The van der Waals surface area contributed by atoms with Crippen LogP contribution < -0.4 is 10.6 Å². The van der Waals surface area contributed by atoms with Crippen LogP contribution in [0, 0.1) is 0 Å². The summed E-state index contributed by atoms with van der Waals surface area (Å²) in [6, 6.07) is 14.6. The molecule has 2 rings (SSSR count). The third-order valence-electron chi connectivity index (χ3n) is 4.04. The zero-order valence-electron chi connectivity index (χ0n) is 16.6. The quantitative estimate of drug-likeness (QED) is 0.470. The van der Waals surface area contributed by atoms with Crippen molar-refractivity contribution < 1.29 is 9.59 Å². The van der Waals surface area contributed by atoms with Gasteiger partial charge in [-0.05, 0) is 43.2 Å². The highest BCUT2D eigenvalue weighted by atomic mass is 16.2. The molecule has 0 aliphatic heterocycles. The number of unbranched alkanes of at least 4 members (excludes halogenated alkanes) is 2. The summed E-state index contributed by atoms with van der Waals surface area (Å²) in [5, 5.41) is 14.2. The molecule has 2 aromatic rings. The fourth-order valence-electron chi connectivity index (χ4n) is 2.55. The van der Waals surface area contributed by atoms with Gasteiger partial charge in [-0.25, -0.2) is 0 Å². The van der Waals surface area contributed by atoms with Crippen LogP contribution in [-0.4, -0.2) is 11.8 Å². The molecule has 0 unspecified atom stereocenters. The third-order valence-corrected chi connectivity index (χ3v) is 4.04. The molecule has 2 amide bonds. The van der Waals surface area contributed by atoms with Crippen LogP contribution in [0.25, 0.3) is 0 Å². The molecule has 0 aliphatic carbocycles. The fourth-order valence-corrected chi connectivity index (χ4v) is 2.55. The molecule has 0 spiro atoms. The van der Waals surface area contributed by atoms with Crippen LogP contribution in [0.4, 0.5) is 22.7 Å². The lowest BCUT2D eigenvalue weighted by atomic mass is 10.2. The average molecular weight is 380 g/mol. The maximum atomic E-state index is 12.1. The molecule has 0 radical (unpaired) electrons. The number of benzene rings is 2. The molecule has 0 aliphatic rings. The molecular weight excluding hydrogens is 352 g/mol. The number of carbonyl (C=O) groups excluding carboxylic acids is 2. The number of rotatable bonds is 10. The maximum Gasteiger partial charge on any atom is 0.224 e. The van der Waals surface area contributed by atoms with Crippen LogP contribution in [0.2, 0.25) is 0 Å². The van der Waals surface area contributed by atoms with Gasteiger partial charge in [-0.3, -0.25) is 9.59 Å². The summed E-state index contributed by atoms with van der Waals surface area (Å²) in [6.45, 7) is 4.09. The van der Waals surface area contributed by atoms with Gasteiger partial charge in [0.05, 0.1) is 11.4 Å². The molecular formula is C22H28N4O2. The van der Waals surface area contributed by atoms with E-state index in [0.717, 1.165) is 31.4 Å². The van der Waals surface area contributed by atoms with Gasteiger partial charge in [0.1, 0.15) is 0 Å². The Balaban J connectivity index is 2.20. The predicted octanol–water partition coefficient (Wildman–Crippen LogP) is 6.36. The predicted molar refractivity (Wildman–Crippen MR) is 113 cm³/mol. The second kappa shape index (κ2) is 11.6. The monoisotopic (exact) mass is 380 g/mol. The van der Waals surface area contributed by atoms with Gasteiger partial charge in [0, 0.05) is 24.2 Å². The SMILES string of the molecule is CCCCC(=O)Nc1cc(N=Nc2ccccc2)cc(NC(=O)CCCC)c1. The van der Waals surface area contributed by atoms with E-state index in [1.54, 1.807) is 18.2 Å². The molecule has 2 N–H and O–H groups in total. The lowest BCUT2D eigenvalue weighted by Gasteiger charge is -2.10. The molecule has 0 saturated carbocycles. The molecule has 28 heavy (non-hydrogen) atoms. The van der Waals surface area contributed by atoms with Gasteiger partial charge in [0.2, 0.25) is 11.8 Å². The molecule has 0 saturated heterocycles. The van der Waals surface area contributed by atoms with E-state index in [4.69, 9.17) is 0 Å². The highest BCUT2D eigenvalue weighted by Gasteiger charge is 2.08. The summed E-state index contributed by atoms with van der Waals surface area (Å²) in [6.07, 6.45) is 4.50. The number of hydrogen-bond donors (Lipinski definition) is 2. The Bertz CT molecular complexity index is 763. The standard InChI is InChI=1S/C22H28N4O2/c1-3-5-12-21(27)23-18-14-19(24-22(28)13-6-4-2)16-20(15-18)26-25-17-10-8-7-9-11-17/h7-11,14-16H,3-6,12-13H2,1-2H3,(H,23,27)(H,24,28). The summed E-state index contributed by atoms with van der Waals surface area (Å²) in [7, 11) is 0. The Morgan fingerprint density at radius 2 is 1.25 bits per heavy atom. The van der Waals surface area contributed by atoms with Gasteiger partial charge in [-0.1, -0.05) is 44.9 Å². The normalized spacial score (nSPS) is 10.8. The second-order valence-electron chi connectivity index (χ2n) is 6.61. The van der Waals surface area contributed by atoms with Gasteiger partial charge in [0.25, 0.3) is 0 Å². The molecule has 0 fully saturated rings. The molecule has 0 aromatic heterocycles. The molecule has 2 aromatic carbocycles. The summed E-state index contributed by atoms with van der Waals surface area (Å²) >= 11 is 0.